The van der Waals surface area contributed by atoms with Gasteiger partial charge in [0.15, 0.2) is 0 Å². The molecule has 1 amide bonds. The monoisotopic (exact) mass is 547 g/mol. The Balaban J connectivity index is 1.40. The van der Waals surface area contributed by atoms with Crippen molar-refractivity contribution in [1.82, 2.24) is 4.98 Å². The number of hydrazone groups is 1. The molecule has 0 atom stereocenters. The summed E-state index contributed by atoms with van der Waals surface area (Å²) in [6.07, 6.45) is 1.78. The summed E-state index contributed by atoms with van der Waals surface area (Å²) in [5.41, 5.74) is 4.40. The number of thiazole rings is 1. The normalized spacial score (nSPS) is 14.5. The third kappa shape index (κ3) is 5.08. The fourth-order valence-electron chi connectivity index (χ4n) is 3.58. The van der Waals surface area contributed by atoms with Crippen molar-refractivity contribution in [2.45, 2.75) is 13.5 Å². The quantitative estimate of drug-likeness (QED) is 0.242. The summed E-state index contributed by atoms with van der Waals surface area (Å²) in [5, 5.41) is 8.24. The first-order valence-electron chi connectivity index (χ1n) is 10.8. The number of carbonyl (C=O) groups excluding carboxylic acids is 1. The molecule has 1 aromatic heterocycles. The summed E-state index contributed by atoms with van der Waals surface area (Å²) in [5.74, 6) is 0.0589. The topological polar surface area (TPSA) is 54.8 Å². The van der Waals surface area contributed by atoms with Crippen LogP contribution in [0.25, 0.3) is 17.3 Å². The number of hydrogen-bond acceptors (Lipinski definition) is 5. The third-order valence-corrected chi connectivity index (χ3v) is 6.69. The number of benzene rings is 3. The Morgan fingerprint density at radius 2 is 1.86 bits per heavy atom. The first kappa shape index (κ1) is 23.1. The van der Waals surface area contributed by atoms with Gasteiger partial charge in [0, 0.05) is 21.0 Å². The molecule has 4 aromatic rings. The summed E-state index contributed by atoms with van der Waals surface area (Å²) >= 11 is 4.86. The Morgan fingerprint density at radius 1 is 1.09 bits per heavy atom. The van der Waals surface area contributed by atoms with Gasteiger partial charge in [-0.25, -0.2) is 9.37 Å². The summed E-state index contributed by atoms with van der Waals surface area (Å²) in [6.45, 7) is 2.07. The first-order chi connectivity index (χ1) is 17.0. The fraction of sp³-hybridized carbons (Fsp3) is 0.0741. The molecule has 1 aliphatic heterocycles. The van der Waals surface area contributed by atoms with Crippen molar-refractivity contribution in [2.75, 3.05) is 5.01 Å². The Bertz CT molecular complexity index is 1450. The van der Waals surface area contributed by atoms with Gasteiger partial charge in [-0.3, -0.25) is 4.79 Å². The van der Waals surface area contributed by atoms with Crippen LogP contribution in [0.3, 0.4) is 0 Å². The number of anilines is 1. The molecule has 0 aliphatic carbocycles. The minimum atomic E-state index is -0.294. The van der Waals surface area contributed by atoms with Crippen molar-refractivity contribution in [3.8, 4) is 17.0 Å². The molecule has 0 radical (unpaired) electrons. The van der Waals surface area contributed by atoms with Gasteiger partial charge in [-0.05, 0) is 48.9 Å². The molecule has 35 heavy (non-hydrogen) atoms. The van der Waals surface area contributed by atoms with Crippen molar-refractivity contribution < 1.29 is 13.9 Å². The lowest BCUT2D eigenvalue weighted by Gasteiger charge is -2.11. The van der Waals surface area contributed by atoms with E-state index in [0.717, 1.165) is 26.9 Å². The second kappa shape index (κ2) is 9.93. The molecule has 0 unspecified atom stereocenters. The highest BCUT2D eigenvalue weighted by molar-refractivity contribution is 9.10. The lowest BCUT2D eigenvalue weighted by molar-refractivity contribution is -0.114. The van der Waals surface area contributed by atoms with Crippen LogP contribution in [0.15, 0.2) is 93.3 Å². The van der Waals surface area contributed by atoms with E-state index in [-0.39, 0.29) is 18.3 Å². The highest BCUT2D eigenvalue weighted by Gasteiger charge is 2.31. The predicted molar refractivity (Wildman–Crippen MR) is 141 cm³/mol. The Morgan fingerprint density at radius 3 is 2.63 bits per heavy atom. The number of nitrogens with zero attached hydrogens (tertiary/aromatic N) is 3. The van der Waals surface area contributed by atoms with E-state index in [2.05, 4.69) is 26.0 Å². The molecular weight excluding hydrogens is 529 g/mol. The lowest BCUT2D eigenvalue weighted by atomic mass is 10.1. The number of carbonyl (C=O) groups is 1. The largest absolute Gasteiger partial charge is 0.488 e. The van der Waals surface area contributed by atoms with Crippen molar-refractivity contribution in [2.24, 2.45) is 5.10 Å². The maximum Gasteiger partial charge on any atom is 0.282 e. The van der Waals surface area contributed by atoms with Crippen LogP contribution in [0.4, 0.5) is 9.52 Å². The molecule has 5 rings (SSSR count). The first-order valence-corrected chi connectivity index (χ1v) is 12.4. The molecule has 2 heterocycles. The van der Waals surface area contributed by atoms with Crippen LogP contribution < -0.4 is 9.75 Å². The zero-order valence-corrected chi connectivity index (χ0v) is 21.0. The van der Waals surface area contributed by atoms with Crippen LogP contribution in [-0.4, -0.2) is 16.6 Å². The summed E-state index contributed by atoms with van der Waals surface area (Å²) in [4.78, 5) is 17.9. The zero-order valence-electron chi connectivity index (χ0n) is 18.6. The number of halogens is 2. The Labute approximate surface area is 214 Å². The number of ether oxygens (including phenoxy) is 1. The van der Waals surface area contributed by atoms with Crippen LogP contribution in [0.2, 0.25) is 0 Å². The SMILES string of the molecule is CC1=NN(c2nc(-c3ccccc3)cs2)C(=O)C1=Cc1cc(Br)ccc1OCc1ccc(F)cc1. The van der Waals surface area contributed by atoms with Crippen LogP contribution in [0, 0.1) is 5.82 Å². The minimum Gasteiger partial charge on any atom is -0.488 e. The molecule has 0 spiro atoms. The van der Waals surface area contributed by atoms with E-state index in [1.54, 1.807) is 25.1 Å². The lowest BCUT2D eigenvalue weighted by Crippen LogP contribution is -2.21. The van der Waals surface area contributed by atoms with E-state index in [1.807, 2.05) is 53.9 Å². The number of amides is 1. The molecule has 5 nitrogen and oxygen atoms in total. The standard InChI is InChI=1S/C27H19BrFN3O2S/c1-17-23(26(33)32(31-17)27-30-24(16-35-27)19-5-3-2-4-6-19)14-20-13-21(28)9-12-25(20)34-15-18-7-10-22(29)11-8-18/h2-14,16H,15H2,1H3. The summed E-state index contributed by atoms with van der Waals surface area (Å²) in [6, 6.07) is 21.5. The van der Waals surface area contributed by atoms with Gasteiger partial charge in [0.25, 0.3) is 5.91 Å². The summed E-state index contributed by atoms with van der Waals surface area (Å²) < 4.78 is 20.0. The van der Waals surface area contributed by atoms with Crippen LogP contribution >= 0.6 is 27.3 Å². The molecule has 0 N–H and O–H groups in total. The highest BCUT2D eigenvalue weighted by Crippen LogP contribution is 2.33. The van der Waals surface area contributed by atoms with Gasteiger partial charge in [-0.1, -0.05) is 58.4 Å². The van der Waals surface area contributed by atoms with E-state index >= 15 is 0 Å². The van der Waals surface area contributed by atoms with Crippen molar-refractivity contribution in [1.29, 1.82) is 0 Å². The fourth-order valence-corrected chi connectivity index (χ4v) is 4.74. The van der Waals surface area contributed by atoms with Gasteiger partial charge in [-0.15, -0.1) is 11.3 Å². The maximum atomic E-state index is 13.3. The van der Waals surface area contributed by atoms with Gasteiger partial charge in [-0.2, -0.15) is 10.1 Å². The molecule has 8 heteroatoms. The van der Waals surface area contributed by atoms with E-state index in [1.165, 1.54) is 28.5 Å². The van der Waals surface area contributed by atoms with Gasteiger partial charge in [0.1, 0.15) is 18.2 Å². The molecule has 0 saturated carbocycles. The van der Waals surface area contributed by atoms with Gasteiger partial charge >= 0.3 is 0 Å². The van der Waals surface area contributed by atoms with Gasteiger partial charge in [0.05, 0.1) is 17.0 Å². The van der Waals surface area contributed by atoms with Crippen molar-refractivity contribution in [3.63, 3.8) is 0 Å². The molecular formula is C27H19BrFN3O2S. The predicted octanol–water partition coefficient (Wildman–Crippen LogP) is 7.10. The zero-order chi connectivity index (χ0) is 24.4. The third-order valence-electron chi connectivity index (χ3n) is 5.38. The Kier molecular flexibility index (Phi) is 6.57. The van der Waals surface area contributed by atoms with Crippen LogP contribution in [-0.2, 0) is 11.4 Å². The number of aromatic nitrogens is 1. The average molecular weight is 548 g/mol. The number of rotatable bonds is 6. The van der Waals surface area contributed by atoms with Crippen LogP contribution in [0.1, 0.15) is 18.1 Å². The molecule has 1 aliphatic rings. The maximum absolute atomic E-state index is 13.3. The number of hydrogen-bond donors (Lipinski definition) is 0. The van der Waals surface area contributed by atoms with Gasteiger partial charge in [0.2, 0.25) is 5.13 Å². The van der Waals surface area contributed by atoms with E-state index < -0.39 is 0 Å². The molecule has 0 fully saturated rings. The average Bonchev–Trinajstić information content (AvgIpc) is 3.46. The molecule has 174 valence electrons. The smallest absolute Gasteiger partial charge is 0.282 e. The van der Waals surface area contributed by atoms with E-state index in [0.29, 0.717) is 22.2 Å². The van der Waals surface area contributed by atoms with Gasteiger partial charge < -0.3 is 4.74 Å². The molecule has 0 saturated heterocycles. The second-order valence-corrected chi connectivity index (χ2v) is 9.59. The van der Waals surface area contributed by atoms with Crippen LogP contribution in [0.5, 0.6) is 5.75 Å². The van der Waals surface area contributed by atoms with E-state index in [4.69, 9.17) is 4.74 Å². The van der Waals surface area contributed by atoms with Crippen molar-refractivity contribution >= 4 is 50.1 Å². The summed E-state index contributed by atoms with van der Waals surface area (Å²) in [7, 11) is 0. The Hall–Kier alpha value is -3.62. The minimum absolute atomic E-state index is 0.249. The molecule has 3 aromatic carbocycles. The second-order valence-electron chi connectivity index (χ2n) is 7.84. The van der Waals surface area contributed by atoms with E-state index in [9.17, 15) is 9.18 Å². The highest BCUT2D eigenvalue weighted by atomic mass is 79.9. The van der Waals surface area contributed by atoms with Crippen molar-refractivity contribution in [3.05, 3.63) is 105 Å². The molecule has 0 bridgehead atoms.